The van der Waals surface area contributed by atoms with Crippen LogP contribution in [-0.2, 0) is 4.74 Å². The smallest absolute Gasteiger partial charge is 0.261 e. The average molecular weight is 167 g/mol. The molecule has 4 heteroatoms. The fraction of sp³-hybridized carbons (Fsp3) is 1.00. The summed E-state index contributed by atoms with van der Waals surface area (Å²) in [6.45, 7) is 2.08. The predicted molar refractivity (Wildman–Crippen MR) is 40.0 cm³/mol. The van der Waals surface area contributed by atoms with Gasteiger partial charge in [-0.1, -0.05) is 6.92 Å². The maximum absolute atomic E-state index is 11.6. The number of halogens is 2. The second-order valence-corrected chi connectivity index (χ2v) is 2.31. The van der Waals surface area contributed by atoms with E-state index in [0.29, 0.717) is 6.54 Å². The molecule has 0 aliphatic heterocycles. The highest BCUT2D eigenvalue weighted by atomic mass is 19.3. The lowest BCUT2D eigenvalue weighted by atomic mass is 10.3. The molecule has 0 rings (SSSR count). The minimum absolute atomic E-state index is 0.0889. The highest BCUT2D eigenvalue weighted by Gasteiger charge is 2.08. The van der Waals surface area contributed by atoms with Crippen LogP contribution in [0.25, 0.3) is 0 Å². The van der Waals surface area contributed by atoms with Gasteiger partial charge in [-0.05, 0) is 13.5 Å². The van der Waals surface area contributed by atoms with E-state index in [0.717, 1.165) is 6.42 Å². The standard InChI is InChI=1S/C7H15F2NO/c1-3-6(4-10-2)11-5-7(8)9/h6-7,10H,3-5H2,1-2H3. The Hall–Kier alpha value is -0.220. The number of rotatable bonds is 6. The van der Waals surface area contributed by atoms with Crippen LogP contribution in [-0.4, -0.2) is 32.7 Å². The molecule has 0 aliphatic carbocycles. The zero-order valence-electron chi connectivity index (χ0n) is 6.94. The van der Waals surface area contributed by atoms with Gasteiger partial charge in [-0.25, -0.2) is 8.78 Å². The number of alkyl halides is 2. The van der Waals surface area contributed by atoms with E-state index in [1.54, 1.807) is 7.05 Å². The van der Waals surface area contributed by atoms with Gasteiger partial charge in [0.25, 0.3) is 6.43 Å². The van der Waals surface area contributed by atoms with Crippen molar-refractivity contribution in [2.45, 2.75) is 25.9 Å². The molecule has 2 nitrogen and oxygen atoms in total. The number of hydrogen-bond donors (Lipinski definition) is 1. The monoisotopic (exact) mass is 167 g/mol. The zero-order chi connectivity index (χ0) is 8.69. The summed E-state index contributed by atoms with van der Waals surface area (Å²) in [5, 5.41) is 2.87. The van der Waals surface area contributed by atoms with E-state index in [9.17, 15) is 8.78 Å². The van der Waals surface area contributed by atoms with Gasteiger partial charge in [-0.3, -0.25) is 0 Å². The molecule has 0 aromatic carbocycles. The molecular formula is C7H15F2NO. The third kappa shape index (κ3) is 6.19. The van der Waals surface area contributed by atoms with Crippen LogP contribution in [0.5, 0.6) is 0 Å². The van der Waals surface area contributed by atoms with E-state index in [1.807, 2.05) is 6.92 Å². The molecule has 0 aromatic rings. The molecule has 0 amide bonds. The minimum atomic E-state index is -2.36. The first-order chi connectivity index (χ1) is 5.20. The van der Waals surface area contributed by atoms with Crippen molar-refractivity contribution in [3.63, 3.8) is 0 Å². The van der Waals surface area contributed by atoms with Gasteiger partial charge in [0.05, 0.1) is 6.10 Å². The number of nitrogens with one attached hydrogen (secondary N) is 1. The maximum atomic E-state index is 11.6. The summed E-state index contributed by atoms with van der Waals surface area (Å²) in [7, 11) is 1.77. The average Bonchev–Trinajstić information content (AvgIpc) is 1.97. The first-order valence-corrected chi connectivity index (χ1v) is 3.75. The second-order valence-electron chi connectivity index (χ2n) is 2.31. The molecule has 0 aliphatic rings. The van der Waals surface area contributed by atoms with Crippen LogP contribution >= 0.6 is 0 Å². The van der Waals surface area contributed by atoms with E-state index in [1.165, 1.54) is 0 Å². The number of ether oxygens (including phenoxy) is 1. The lowest BCUT2D eigenvalue weighted by molar-refractivity contribution is -0.0238. The molecule has 1 unspecified atom stereocenters. The third-order valence-corrected chi connectivity index (χ3v) is 1.35. The normalized spacial score (nSPS) is 13.9. The predicted octanol–water partition coefficient (Wildman–Crippen LogP) is 1.27. The Bertz CT molecular complexity index is 90.5. The first kappa shape index (κ1) is 10.8. The first-order valence-electron chi connectivity index (χ1n) is 3.75. The Morgan fingerprint density at radius 3 is 2.45 bits per heavy atom. The topological polar surface area (TPSA) is 21.3 Å². The van der Waals surface area contributed by atoms with E-state index >= 15 is 0 Å². The van der Waals surface area contributed by atoms with Crippen LogP contribution < -0.4 is 5.32 Å². The SMILES string of the molecule is CCC(CNC)OCC(F)F. The van der Waals surface area contributed by atoms with Gasteiger partial charge in [0.2, 0.25) is 0 Å². The molecule has 0 fully saturated rings. The van der Waals surface area contributed by atoms with Crippen LogP contribution in [0.1, 0.15) is 13.3 Å². The van der Waals surface area contributed by atoms with Crippen molar-refractivity contribution < 1.29 is 13.5 Å². The van der Waals surface area contributed by atoms with Crippen molar-refractivity contribution in [3.05, 3.63) is 0 Å². The van der Waals surface area contributed by atoms with Gasteiger partial charge in [0.1, 0.15) is 6.61 Å². The summed E-state index contributed by atoms with van der Waals surface area (Å²) in [6.07, 6.45) is -1.69. The number of likely N-dealkylation sites (N-methyl/N-ethyl adjacent to an activating group) is 1. The van der Waals surface area contributed by atoms with Gasteiger partial charge in [0.15, 0.2) is 0 Å². The Labute approximate surface area is 65.9 Å². The molecule has 0 saturated carbocycles. The Morgan fingerprint density at radius 2 is 2.09 bits per heavy atom. The van der Waals surface area contributed by atoms with Crippen LogP contribution in [0.2, 0.25) is 0 Å². The van der Waals surface area contributed by atoms with Crippen LogP contribution in [0.3, 0.4) is 0 Å². The highest BCUT2D eigenvalue weighted by Crippen LogP contribution is 2.00. The van der Waals surface area contributed by atoms with Crippen molar-refractivity contribution in [1.29, 1.82) is 0 Å². The maximum Gasteiger partial charge on any atom is 0.261 e. The molecule has 11 heavy (non-hydrogen) atoms. The molecule has 0 spiro atoms. The minimum Gasteiger partial charge on any atom is -0.371 e. The largest absolute Gasteiger partial charge is 0.371 e. The second kappa shape index (κ2) is 6.49. The molecule has 0 heterocycles. The lowest BCUT2D eigenvalue weighted by Gasteiger charge is -2.14. The van der Waals surface area contributed by atoms with E-state index in [-0.39, 0.29) is 6.10 Å². The van der Waals surface area contributed by atoms with Crippen molar-refractivity contribution >= 4 is 0 Å². The summed E-state index contributed by atoms with van der Waals surface area (Å²) in [4.78, 5) is 0. The number of hydrogen-bond acceptors (Lipinski definition) is 2. The van der Waals surface area contributed by atoms with Crippen LogP contribution in [0, 0.1) is 0 Å². The summed E-state index contributed by atoms with van der Waals surface area (Å²) < 4.78 is 28.1. The molecule has 68 valence electrons. The van der Waals surface area contributed by atoms with Crippen molar-refractivity contribution in [2.75, 3.05) is 20.2 Å². The molecule has 1 atom stereocenters. The van der Waals surface area contributed by atoms with Gasteiger partial charge in [-0.15, -0.1) is 0 Å². The van der Waals surface area contributed by atoms with Gasteiger partial charge in [0, 0.05) is 6.54 Å². The molecule has 1 N–H and O–H groups in total. The van der Waals surface area contributed by atoms with Gasteiger partial charge in [-0.2, -0.15) is 0 Å². The van der Waals surface area contributed by atoms with E-state index in [4.69, 9.17) is 4.74 Å². The summed E-state index contributed by atoms with van der Waals surface area (Å²) in [5.74, 6) is 0. The fourth-order valence-electron chi connectivity index (χ4n) is 0.758. The fourth-order valence-corrected chi connectivity index (χ4v) is 0.758. The third-order valence-electron chi connectivity index (χ3n) is 1.35. The van der Waals surface area contributed by atoms with Gasteiger partial charge >= 0.3 is 0 Å². The zero-order valence-corrected chi connectivity index (χ0v) is 6.94. The lowest BCUT2D eigenvalue weighted by Crippen LogP contribution is -2.27. The Morgan fingerprint density at radius 1 is 1.45 bits per heavy atom. The van der Waals surface area contributed by atoms with Crippen molar-refractivity contribution in [2.24, 2.45) is 0 Å². The van der Waals surface area contributed by atoms with Crippen LogP contribution in [0.15, 0.2) is 0 Å². The molecular weight excluding hydrogens is 152 g/mol. The molecule has 0 radical (unpaired) electrons. The Kier molecular flexibility index (Phi) is 6.36. The summed E-state index contributed by atoms with van der Waals surface area (Å²) >= 11 is 0. The highest BCUT2D eigenvalue weighted by molar-refractivity contribution is 4.57. The van der Waals surface area contributed by atoms with Crippen molar-refractivity contribution in [3.8, 4) is 0 Å². The Balaban J connectivity index is 3.35. The van der Waals surface area contributed by atoms with E-state index in [2.05, 4.69) is 5.32 Å². The van der Waals surface area contributed by atoms with Gasteiger partial charge < -0.3 is 10.1 Å². The van der Waals surface area contributed by atoms with Crippen LogP contribution in [0.4, 0.5) is 8.78 Å². The van der Waals surface area contributed by atoms with E-state index < -0.39 is 13.0 Å². The molecule has 0 bridgehead atoms. The quantitative estimate of drug-likeness (QED) is 0.643. The summed E-state index contributed by atoms with van der Waals surface area (Å²) in [5.41, 5.74) is 0. The molecule has 0 saturated heterocycles. The summed E-state index contributed by atoms with van der Waals surface area (Å²) in [6, 6.07) is 0. The molecule has 0 aromatic heterocycles. The van der Waals surface area contributed by atoms with Crippen molar-refractivity contribution in [1.82, 2.24) is 5.32 Å².